The van der Waals surface area contributed by atoms with Gasteiger partial charge in [0.2, 0.25) is 5.76 Å². The molecule has 0 bridgehead atoms. The van der Waals surface area contributed by atoms with Crippen LogP contribution >= 0.6 is 0 Å². The summed E-state index contributed by atoms with van der Waals surface area (Å²) in [5, 5.41) is 0.467. The zero-order chi connectivity index (χ0) is 22.9. The molecule has 6 nitrogen and oxygen atoms in total. The van der Waals surface area contributed by atoms with Gasteiger partial charge in [-0.2, -0.15) is 0 Å². The maximum atomic E-state index is 13.6. The molecule has 0 N–H and O–H groups in total. The number of ether oxygens (including phenoxy) is 1. The lowest BCUT2D eigenvalue weighted by Gasteiger charge is -2.24. The molecule has 0 aliphatic carbocycles. The minimum atomic E-state index is -0.645. The molecule has 1 atom stereocenters. The SMILES string of the molecule is CCCCOc1ccc(C2c3c(oc4ccc(C)cc4c3=O)C(=O)N2c2ccccn2)cc1. The second-order valence-corrected chi connectivity index (χ2v) is 8.21. The van der Waals surface area contributed by atoms with Crippen LogP contribution < -0.4 is 15.1 Å². The van der Waals surface area contributed by atoms with Gasteiger partial charge in [0.15, 0.2) is 5.43 Å². The van der Waals surface area contributed by atoms with Gasteiger partial charge < -0.3 is 9.15 Å². The molecular formula is C27H24N2O4. The predicted molar refractivity (Wildman–Crippen MR) is 127 cm³/mol. The summed E-state index contributed by atoms with van der Waals surface area (Å²) in [5.74, 6) is 0.899. The number of nitrogens with zero attached hydrogens (tertiary/aromatic N) is 2. The van der Waals surface area contributed by atoms with Crippen molar-refractivity contribution in [2.45, 2.75) is 32.7 Å². The van der Waals surface area contributed by atoms with Crippen LogP contribution in [0.2, 0.25) is 0 Å². The third-order valence-corrected chi connectivity index (χ3v) is 5.88. The van der Waals surface area contributed by atoms with Gasteiger partial charge in [-0.1, -0.05) is 43.2 Å². The maximum Gasteiger partial charge on any atom is 0.296 e. The van der Waals surface area contributed by atoms with Crippen molar-refractivity contribution in [2.24, 2.45) is 0 Å². The van der Waals surface area contributed by atoms with E-state index in [1.165, 1.54) is 4.90 Å². The van der Waals surface area contributed by atoms with Gasteiger partial charge in [-0.3, -0.25) is 14.5 Å². The second-order valence-electron chi connectivity index (χ2n) is 8.21. The molecule has 33 heavy (non-hydrogen) atoms. The van der Waals surface area contributed by atoms with E-state index < -0.39 is 6.04 Å². The third kappa shape index (κ3) is 3.67. The molecule has 0 saturated heterocycles. The summed E-state index contributed by atoms with van der Waals surface area (Å²) in [7, 11) is 0. The smallest absolute Gasteiger partial charge is 0.296 e. The number of hydrogen-bond donors (Lipinski definition) is 0. The Morgan fingerprint density at radius 3 is 2.61 bits per heavy atom. The fraction of sp³-hybridized carbons (Fsp3) is 0.222. The zero-order valence-electron chi connectivity index (χ0n) is 18.6. The number of anilines is 1. The number of benzene rings is 2. The highest BCUT2D eigenvalue weighted by Gasteiger charge is 2.44. The first-order valence-electron chi connectivity index (χ1n) is 11.1. The summed E-state index contributed by atoms with van der Waals surface area (Å²) >= 11 is 0. The fourth-order valence-electron chi connectivity index (χ4n) is 4.22. The first kappa shape index (κ1) is 20.9. The molecule has 0 radical (unpaired) electrons. The molecule has 0 fully saturated rings. The highest BCUT2D eigenvalue weighted by Crippen LogP contribution is 2.40. The first-order chi connectivity index (χ1) is 16.1. The molecule has 2 aromatic heterocycles. The highest BCUT2D eigenvalue weighted by atomic mass is 16.5. The van der Waals surface area contributed by atoms with E-state index in [1.54, 1.807) is 30.5 Å². The van der Waals surface area contributed by atoms with Crippen LogP contribution in [0.1, 0.15) is 53.1 Å². The van der Waals surface area contributed by atoms with Crippen LogP contribution in [0.25, 0.3) is 11.0 Å². The maximum absolute atomic E-state index is 13.6. The van der Waals surface area contributed by atoms with E-state index in [0.29, 0.717) is 29.0 Å². The minimum absolute atomic E-state index is 0.0651. The van der Waals surface area contributed by atoms with Crippen molar-refractivity contribution in [3.05, 3.63) is 99.5 Å². The van der Waals surface area contributed by atoms with E-state index in [-0.39, 0.29) is 17.1 Å². The van der Waals surface area contributed by atoms with Crippen molar-refractivity contribution in [3.8, 4) is 5.75 Å². The molecule has 5 rings (SSSR count). The van der Waals surface area contributed by atoms with Gasteiger partial charge in [-0.25, -0.2) is 4.98 Å². The summed E-state index contributed by atoms with van der Waals surface area (Å²) in [4.78, 5) is 33.1. The lowest BCUT2D eigenvalue weighted by Crippen LogP contribution is -2.30. The normalized spacial score (nSPS) is 15.2. The summed E-state index contributed by atoms with van der Waals surface area (Å²) in [6.45, 7) is 4.69. The van der Waals surface area contributed by atoms with E-state index >= 15 is 0 Å². The monoisotopic (exact) mass is 440 g/mol. The second kappa shape index (κ2) is 8.54. The summed E-state index contributed by atoms with van der Waals surface area (Å²) in [6, 6.07) is 17.6. The molecule has 0 saturated carbocycles. The molecule has 3 heterocycles. The Balaban J connectivity index is 1.67. The first-order valence-corrected chi connectivity index (χ1v) is 11.1. The lowest BCUT2D eigenvalue weighted by atomic mass is 9.98. The van der Waals surface area contributed by atoms with E-state index in [1.807, 2.05) is 43.3 Å². The number of unbranched alkanes of at least 4 members (excludes halogenated alkanes) is 1. The molecule has 4 aromatic rings. The van der Waals surface area contributed by atoms with E-state index in [2.05, 4.69) is 11.9 Å². The number of rotatable bonds is 6. The van der Waals surface area contributed by atoms with Crippen LogP contribution in [0.3, 0.4) is 0 Å². The Morgan fingerprint density at radius 1 is 1.06 bits per heavy atom. The van der Waals surface area contributed by atoms with Crippen molar-refractivity contribution >= 4 is 22.7 Å². The molecule has 166 valence electrons. The number of fused-ring (bicyclic) bond motifs is 2. The van der Waals surface area contributed by atoms with Crippen LogP contribution in [0, 0.1) is 6.92 Å². The van der Waals surface area contributed by atoms with E-state index in [9.17, 15) is 9.59 Å². The van der Waals surface area contributed by atoms with Gasteiger partial charge in [0.25, 0.3) is 5.91 Å². The Bertz CT molecular complexity index is 1380. The Morgan fingerprint density at radius 2 is 1.88 bits per heavy atom. The van der Waals surface area contributed by atoms with Crippen molar-refractivity contribution in [1.82, 2.24) is 4.98 Å². The van der Waals surface area contributed by atoms with E-state index in [0.717, 1.165) is 29.7 Å². The zero-order valence-corrected chi connectivity index (χ0v) is 18.6. The van der Waals surface area contributed by atoms with Gasteiger partial charge in [-0.15, -0.1) is 0 Å². The third-order valence-electron chi connectivity index (χ3n) is 5.88. The molecule has 2 aromatic carbocycles. The number of hydrogen-bond acceptors (Lipinski definition) is 5. The number of aromatic nitrogens is 1. The molecule has 1 aliphatic heterocycles. The van der Waals surface area contributed by atoms with Crippen molar-refractivity contribution < 1.29 is 13.9 Å². The van der Waals surface area contributed by atoms with Crippen molar-refractivity contribution in [3.63, 3.8) is 0 Å². The van der Waals surface area contributed by atoms with Gasteiger partial charge in [0, 0.05) is 6.20 Å². The lowest BCUT2D eigenvalue weighted by molar-refractivity contribution is 0.0970. The van der Waals surface area contributed by atoms with E-state index in [4.69, 9.17) is 9.15 Å². The molecule has 1 amide bonds. The largest absolute Gasteiger partial charge is 0.494 e. The van der Waals surface area contributed by atoms with Gasteiger partial charge >= 0.3 is 0 Å². The average Bonchev–Trinajstić information content (AvgIpc) is 3.13. The number of carbonyl (C=O) groups excluding carboxylic acids is 1. The minimum Gasteiger partial charge on any atom is -0.494 e. The molecule has 1 unspecified atom stereocenters. The standard InChI is InChI=1S/C27H24N2O4/c1-3-4-15-32-19-11-9-18(10-12-19)24-23-25(30)20-16-17(2)8-13-21(20)33-26(23)27(31)29(24)22-7-5-6-14-28-22/h5-14,16,24H,3-4,15H2,1-2H3. The van der Waals surface area contributed by atoms with Crippen LogP contribution in [0.5, 0.6) is 5.75 Å². The molecule has 6 heteroatoms. The van der Waals surface area contributed by atoms with Gasteiger partial charge in [-0.05, 0) is 55.3 Å². The molecular weight excluding hydrogens is 416 g/mol. The highest BCUT2D eigenvalue weighted by molar-refractivity contribution is 6.10. The van der Waals surface area contributed by atoms with Crippen LogP contribution in [-0.4, -0.2) is 17.5 Å². The fourth-order valence-corrected chi connectivity index (χ4v) is 4.22. The Labute approximate surface area is 191 Å². The van der Waals surface area contributed by atoms with Gasteiger partial charge in [0.1, 0.15) is 17.2 Å². The number of amides is 1. The Hall–Kier alpha value is -3.93. The molecule has 0 spiro atoms. The number of pyridine rings is 1. The summed E-state index contributed by atoms with van der Waals surface area (Å²) in [5.41, 5.74) is 2.28. The quantitative estimate of drug-likeness (QED) is 0.374. The van der Waals surface area contributed by atoms with Crippen molar-refractivity contribution in [2.75, 3.05) is 11.5 Å². The Kier molecular flexibility index (Phi) is 5.42. The van der Waals surface area contributed by atoms with Crippen molar-refractivity contribution in [1.29, 1.82) is 0 Å². The summed E-state index contributed by atoms with van der Waals surface area (Å²) < 4.78 is 11.8. The van der Waals surface area contributed by atoms with Crippen LogP contribution in [-0.2, 0) is 0 Å². The number of carbonyl (C=O) groups is 1. The predicted octanol–water partition coefficient (Wildman–Crippen LogP) is 5.43. The molecule has 1 aliphatic rings. The summed E-state index contributed by atoms with van der Waals surface area (Å²) in [6.07, 6.45) is 3.66. The van der Waals surface area contributed by atoms with Crippen LogP contribution in [0.15, 0.2) is 76.1 Å². The average molecular weight is 440 g/mol. The number of aryl methyl sites for hydroxylation is 1. The topological polar surface area (TPSA) is 72.6 Å². The van der Waals surface area contributed by atoms with Crippen LogP contribution in [0.4, 0.5) is 5.82 Å². The van der Waals surface area contributed by atoms with Gasteiger partial charge in [0.05, 0.1) is 23.6 Å².